The topological polar surface area (TPSA) is 64.7 Å². The number of hydrogen-bond acceptors (Lipinski definition) is 6. The number of amides is 2. The number of nitrogens with zero attached hydrogens (tertiary/aromatic N) is 2. The van der Waals surface area contributed by atoms with Crippen LogP contribution in [-0.2, 0) is 9.59 Å². The van der Waals surface area contributed by atoms with Gasteiger partial charge in [-0.3, -0.25) is 19.4 Å². The molecule has 6 nitrogen and oxygen atoms in total. The minimum absolute atomic E-state index is 0.0175. The van der Waals surface area contributed by atoms with E-state index in [1.54, 1.807) is 0 Å². The normalized spacial score (nSPS) is 17.5. The lowest BCUT2D eigenvalue weighted by Gasteiger charge is -2.33. The van der Waals surface area contributed by atoms with Crippen LogP contribution in [0, 0.1) is 27.7 Å². The lowest BCUT2D eigenvalue weighted by atomic mass is 10.0. The zero-order chi connectivity index (χ0) is 29.3. The molecule has 40 heavy (non-hydrogen) atoms. The molecule has 0 spiro atoms. The predicted octanol–water partition coefficient (Wildman–Crippen LogP) is 7.59. The number of carbonyl (C=O) groups is 2. The van der Waals surface area contributed by atoms with Crippen LogP contribution in [0.1, 0.15) is 60.8 Å². The van der Waals surface area contributed by atoms with Crippen molar-refractivity contribution in [2.45, 2.75) is 72.3 Å². The number of anilines is 2. The molecular weight excluding hydrogens is 550 g/mol. The van der Waals surface area contributed by atoms with Crippen molar-refractivity contribution in [1.82, 2.24) is 9.80 Å². The van der Waals surface area contributed by atoms with Crippen LogP contribution in [0.4, 0.5) is 19.1 Å². The Labute approximate surface area is 247 Å². The molecule has 2 heterocycles. The van der Waals surface area contributed by atoms with Gasteiger partial charge in [-0.15, -0.1) is 0 Å². The lowest BCUT2D eigenvalue weighted by Crippen LogP contribution is -2.46. The summed E-state index contributed by atoms with van der Waals surface area (Å²) in [4.78, 5) is 26.7. The number of nitrogens with one attached hydrogen (secondary N) is 2. The average molecular weight is 595 g/mol. The third-order valence-electron chi connectivity index (χ3n) is 7.22. The number of hydrogen-bond donors (Lipinski definition) is 2. The van der Waals surface area contributed by atoms with Crippen LogP contribution in [-0.4, -0.2) is 59.5 Å². The van der Waals surface area contributed by atoms with Crippen molar-refractivity contribution in [3.63, 3.8) is 0 Å². The van der Waals surface area contributed by atoms with Gasteiger partial charge in [0.05, 0.1) is 42.1 Å². The maximum absolute atomic E-state index is 12.5. The van der Waals surface area contributed by atoms with Crippen LogP contribution in [0.3, 0.4) is 0 Å². The second kappa shape index (κ2) is 19.1. The van der Waals surface area contributed by atoms with Crippen molar-refractivity contribution in [3.05, 3.63) is 58.7 Å². The molecule has 2 aliphatic rings. The van der Waals surface area contributed by atoms with Crippen LogP contribution >= 0.6 is 24.3 Å². The van der Waals surface area contributed by atoms with Gasteiger partial charge in [0.1, 0.15) is 0 Å². The molecule has 0 aliphatic carbocycles. The first-order valence-electron chi connectivity index (χ1n) is 13.9. The van der Waals surface area contributed by atoms with Gasteiger partial charge in [0.15, 0.2) is 0 Å². The Morgan fingerprint density at radius 3 is 1.88 bits per heavy atom. The summed E-state index contributed by atoms with van der Waals surface area (Å²) in [5.41, 5.74) is 6.11. The fourth-order valence-corrected chi connectivity index (χ4v) is 5.81. The highest BCUT2D eigenvalue weighted by Gasteiger charge is 2.29. The first-order chi connectivity index (χ1) is 19.3. The van der Waals surface area contributed by atoms with Crippen molar-refractivity contribution in [3.8, 4) is 0 Å². The number of rotatable bonds is 8. The van der Waals surface area contributed by atoms with Crippen LogP contribution in [0.15, 0.2) is 36.4 Å². The number of carbonyl (C=O) groups excluding carboxylic acids is 2. The van der Waals surface area contributed by atoms with E-state index in [2.05, 4.69) is 15.5 Å². The Hall–Kier alpha value is -2.14. The summed E-state index contributed by atoms with van der Waals surface area (Å²) in [7, 11) is 0. The molecule has 2 amide bonds. The van der Waals surface area contributed by atoms with Gasteiger partial charge < -0.3 is 10.6 Å². The van der Waals surface area contributed by atoms with E-state index < -0.39 is 0 Å². The molecule has 2 N–H and O–H groups in total. The Bertz CT molecular complexity index is 1010. The van der Waals surface area contributed by atoms with E-state index in [1.807, 2.05) is 69.0 Å². The monoisotopic (exact) mass is 594 g/mol. The number of halogens is 2. The molecule has 2 aromatic carbocycles. The van der Waals surface area contributed by atoms with E-state index in [0.29, 0.717) is 24.4 Å². The predicted molar refractivity (Wildman–Crippen MR) is 167 cm³/mol. The van der Waals surface area contributed by atoms with Crippen molar-refractivity contribution in [2.24, 2.45) is 0 Å². The molecular formula is C30H44F2N4O2S2. The second-order valence-corrected chi connectivity index (χ2v) is 11.2. The van der Waals surface area contributed by atoms with Crippen molar-refractivity contribution >= 4 is 48.0 Å². The molecule has 0 radical (unpaired) electrons. The Morgan fingerprint density at radius 1 is 0.825 bits per heavy atom. The highest BCUT2D eigenvalue weighted by Crippen LogP contribution is 2.24. The molecule has 2 fully saturated rings. The molecule has 1 unspecified atom stereocenters. The smallest absolute Gasteiger partial charge is 0.241 e. The zero-order valence-electron chi connectivity index (χ0n) is 24.2. The van der Waals surface area contributed by atoms with Gasteiger partial charge in [0.25, 0.3) is 0 Å². The number of aryl methyl sites for hydroxylation is 4. The largest absolute Gasteiger partial charge is 0.328 e. The fourth-order valence-electron chi connectivity index (χ4n) is 4.98. The first-order valence-corrected chi connectivity index (χ1v) is 15.7. The summed E-state index contributed by atoms with van der Waals surface area (Å²) in [5.74, 6) is 0.821. The number of likely N-dealkylation sites (tertiary alicyclic amines) is 2. The molecule has 1 atom stereocenters. The summed E-state index contributed by atoms with van der Waals surface area (Å²) in [6.45, 7) is 10.9. The third kappa shape index (κ3) is 11.4. The number of para-hydroxylation sites is 2. The lowest BCUT2D eigenvalue weighted by molar-refractivity contribution is -0.122. The van der Waals surface area contributed by atoms with E-state index in [0.717, 1.165) is 72.5 Å². The van der Waals surface area contributed by atoms with Gasteiger partial charge >= 0.3 is 0 Å². The summed E-state index contributed by atoms with van der Waals surface area (Å²) in [6.07, 6.45) is 7.40. The highest BCUT2D eigenvalue weighted by atomic mass is 32.2. The summed E-state index contributed by atoms with van der Waals surface area (Å²) < 4.78 is 24.2. The van der Waals surface area contributed by atoms with Crippen LogP contribution in [0.5, 0.6) is 0 Å². The quantitative estimate of drug-likeness (QED) is 0.307. The van der Waals surface area contributed by atoms with Gasteiger partial charge in [-0.1, -0.05) is 49.2 Å². The highest BCUT2D eigenvalue weighted by molar-refractivity contribution is 7.94. The Morgan fingerprint density at radius 2 is 1.35 bits per heavy atom. The van der Waals surface area contributed by atoms with Gasteiger partial charge in [-0.2, -0.15) is 7.77 Å². The molecule has 2 aliphatic heterocycles. The molecule has 0 aromatic heterocycles. The molecule has 2 saturated heterocycles. The molecule has 0 bridgehead atoms. The van der Waals surface area contributed by atoms with E-state index in [9.17, 15) is 17.4 Å². The second-order valence-electron chi connectivity index (χ2n) is 10.3. The molecule has 0 saturated carbocycles. The summed E-state index contributed by atoms with van der Waals surface area (Å²) in [5, 5.41) is 5.69. The SMILES string of the molecule is Cc1cccc(C)c1NC(=O)C1CCCCN1CSF.Cc1cccc(C)c1NC=O.FSCN1CCCCC1. The maximum Gasteiger partial charge on any atom is 0.241 e. The summed E-state index contributed by atoms with van der Waals surface area (Å²) in [6, 6.07) is 11.6. The van der Waals surface area contributed by atoms with E-state index in [-0.39, 0.29) is 30.0 Å². The van der Waals surface area contributed by atoms with Gasteiger partial charge in [0, 0.05) is 11.4 Å². The maximum atomic E-state index is 12.5. The Kier molecular flexibility index (Phi) is 16.2. The van der Waals surface area contributed by atoms with Crippen molar-refractivity contribution in [1.29, 1.82) is 0 Å². The minimum Gasteiger partial charge on any atom is -0.328 e. The van der Waals surface area contributed by atoms with Crippen molar-refractivity contribution < 1.29 is 17.4 Å². The van der Waals surface area contributed by atoms with Gasteiger partial charge in [0.2, 0.25) is 12.3 Å². The standard InChI is InChI=1S/C15H21FN2OS.C9H11NO.C6H12FNS/c1-11-6-5-7-12(2)14(11)17-15(19)13-8-3-4-9-18(13)10-20-16;1-7-4-3-5-8(2)9(7)10-6-11;7-9-6-8-4-2-1-3-5-8/h5-7,13H,3-4,8-10H2,1-2H3,(H,17,19);3-6H,1-2H3,(H,10,11);1-6H2. The number of piperidine rings is 2. The van der Waals surface area contributed by atoms with Crippen molar-refractivity contribution in [2.75, 3.05) is 42.0 Å². The molecule has 4 rings (SSSR count). The average Bonchev–Trinajstić information content (AvgIpc) is 2.95. The van der Waals surface area contributed by atoms with Crippen LogP contribution in [0.25, 0.3) is 0 Å². The first kappa shape index (κ1) is 34.1. The van der Waals surface area contributed by atoms with E-state index in [1.165, 1.54) is 19.3 Å². The summed E-state index contributed by atoms with van der Waals surface area (Å²) >= 11 is 0.722. The van der Waals surface area contributed by atoms with Gasteiger partial charge in [-0.05, 0) is 95.3 Å². The minimum atomic E-state index is -0.217. The van der Waals surface area contributed by atoms with Crippen LogP contribution < -0.4 is 10.6 Å². The van der Waals surface area contributed by atoms with E-state index >= 15 is 0 Å². The van der Waals surface area contributed by atoms with Crippen LogP contribution in [0.2, 0.25) is 0 Å². The number of benzene rings is 2. The molecule has 10 heteroatoms. The van der Waals surface area contributed by atoms with Gasteiger partial charge in [-0.25, -0.2) is 0 Å². The molecule has 222 valence electrons. The third-order valence-corrected chi connectivity index (χ3v) is 8.12. The Balaban J connectivity index is 0.000000235. The molecule has 2 aromatic rings. The zero-order valence-corrected chi connectivity index (χ0v) is 25.8. The van der Waals surface area contributed by atoms with E-state index in [4.69, 9.17) is 0 Å². The fraction of sp³-hybridized carbons (Fsp3) is 0.533.